The van der Waals surface area contributed by atoms with Crippen LogP contribution in [0.1, 0.15) is 53.4 Å². The number of nitrogens with zero attached hydrogens (tertiary/aromatic N) is 1. The Morgan fingerprint density at radius 1 is 1.22 bits per heavy atom. The van der Waals surface area contributed by atoms with Crippen LogP contribution in [0.4, 0.5) is 0 Å². The Morgan fingerprint density at radius 2 is 2.00 bits per heavy atom. The van der Waals surface area contributed by atoms with Gasteiger partial charge < -0.3 is 5.32 Å². The number of piperazine rings is 1. The predicted octanol–water partition coefficient (Wildman–Crippen LogP) is 3.13. The second-order valence-electron chi connectivity index (χ2n) is 7.11. The molecular weight excluding hydrogens is 220 g/mol. The molecule has 1 aliphatic heterocycles. The lowest BCUT2D eigenvalue weighted by atomic mass is 9.77. The van der Waals surface area contributed by atoms with E-state index in [0.29, 0.717) is 0 Å². The second-order valence-corrected chi connectivity index (χ2v) is 7.11. The SMILES string of the molecule is CC(C)CC1CN(C2CCCC(C)C2C)CCN1. The van der Waals surface area contributed by atoms with Gasteiger partial charge >= 0.3 is 0 Å². The van der Waals surface area contributed by atoms with Crippen LogP contribution >= 0.6 is 0 Å². The predicted molar refractivity (Wildman–Crippen MR) is 78.8 cm³/mol. The molecule has 18 heavy (non-hydrogen) atoms. The zero-order valence-electron chi connectivity index (χ0n) is 12.8. The second kappa shape index (κ2) is 6.38. The van der Waals surface area contributed by atoms with Gasteiger partial charge in [0.25, 0.3) is 0 Å². The van der Waals surface area contributed by atoms with Crippen LogP contribution in [0.2, 0.25) is 0 Å². The number of nitrogens with one attached hydrogen (secondary N) is 1. The van der Waals surface area contributed by atoms with Gasteiger partial charge in [-0.3, -0.25) is 4.90 Å². The molecule has 0 aromatic rings. The minimum Gasteiger partial charge on any atom is -0.311 e. The highest BCUT2D eigenvalue weighted by Gasteiger charge is 2.33. The molecule has 2 nitrogen and oxygen atoms in total. The highest BCUT2D eigenvalue weighted by Crippen LogP contribution is 2.33. The standard InChI is InChI=1S/C16H32N2/c1-12(2)10-15-11-18(9-8-17-15)16-7-5-6-13(3)14(16)4/h12-17H,5-11H2,1-4H3. The van der Waals surface area contributed by atoms with Gasteiger partial charge in [-0.25, -0.2) is 0 Å². The smallest absolute Gasteiger partial charge is 0.0198 e. The van der Waals surface area contributed by atoms with Crippen molar-refractivity contribution in [1.29, 1.82) is 0 Å². The molecule has 0 spiro atoms. The van der Waals surface area contributed by atoms with Gasteiger partial charge in [-0.05, 0) is 30.6 Å². The van der Waals surface area contributed by atoms with E-state index in [0.717, 1.165) is 29.8 Å². The largest absolute Gasteiger partial charge is 0.311 e. The van der Waals surface area contributed by atoms with Crippen molar-refractivity contribution in [2.45, 2.75) is 65.5 Å². The van der Waals surface area contributed by atoms with E-state index in [1.807, 2.05) is 0 Å². The quantitative estimate of drug-likeness (QED) is 0.830. The van der Waals surface area contributed by atoms with Crippen molar-refractivity contribution in [1.82, 2.24) is 10.2 Å². The molecule has 2 heteroatoms. The molecule has 2 fully saturated rings. The van der Waals surface area contributed by atoms with Crippen molar-refractivity contribution in [3.63, 3.8) is 0 Å². The summed E-state index contributed by atoms with van der Waals surface area (Å²) in [6.07, 6.45) is 5.64. The van der Waals surface area contributed by atoms with Gasteiger partial charge in [0.1, 0.15) is 0 Å². The summed E-state index contributed by atoms with van der Waals surface area (Å²) >= 11 is 0. The molecule has 106 valence electrons. The van der Waals surface area contributed by atoms with E-state index >= 15 is 0 Å². The van der Waals surface area contributed by atoms with Gasteiger partial charge in [0.05, 0.1) is 0 Å². The minimum absolute atomic E-state index is 0.725. The first-order valence-corrected chi connectivity index (χ1v) is 8.05. The van der Waals surface area contributed by atoms with Gasteiger partial charge in [-0.1, -0.05) is 40.5 Å². The van der Waals surface area contributed by atoms with Crippen molar-refractivity contribution in [3.8, 4) is 0 Å². The van der Waals surface area contributed by atoms with E-state index in [1.54, 1.807) is 0 Å². The third-order valence-corrected chi connectivity index (χ3v) is 5.18. The number of hydrogen-bond acceptors (Lipinski definition) is 2. The summed E-state index contributed by atoms with van der Waals surface area (Å²) in [5.41, 5.74) is 0. The molecule has 1 saturated carbocycles. The lowest BCUT2D eigenvalue weighted by molar-refractivity contribution is 0.0543. The maximum Gasteiger partial charge on any atom is 0.0198 e. The molecule has 2 aliphatic rings. The van der Waals surface area contributed by atoms with E-state index in [4.69, 9.17) is 0 Å². The van der Waals surface area contributed by atoms with Gasteiger partial charge in [0, 0.05) is 31.7 Å². The Hall–Kier alpha value is -0.0800. The summed E-state index contributed by atoms with van der Waals surface area (Å²) in [6, 6.07) is 1.58. The van der Waals surface area contributed by atoms with E-state index in [9.17, 15) is 0 Å². The average molecular weight is 252 g/mol. The maximum atomic E-state index is 3.70. The van der Waals surface area contributed by atoms with E-state index in [-0.39, 0.29) is 0 Å². The molecule has 1 saturated heterocycles. The van der Waals surface area contributed by atoms with Crippen molar-refractivity contribution >= 4 is 0 Å². The van der Waals surface area contributed by atoms with Crippen LogP contribution in [0.5, 0.6) is 0 Å². The Bertz CT molecular complexity index is 251. The summed E-state index contributed by atoms with van der Waals surface area (Å²) in [4.78, 5) is 2.80. The topological polar surface area (TPSA) is 15.3 Å². The molecule has 1 N–H and O–H groups in total. The lowest BCUT2D eigenvalue weighted by Crippen LogP contribution is -2.56. The third kappa shape index (κ3) is 3.48. The molecule has 0 amide bonds. The summed E-state index contributed by atoms with van der Waals surface area (Å²) in [5, 5.41) is 3.70. The van der Waals surface area contributed by atoms with Gasteiger partial charge in [0.2, 0.25) is 0 Å². The summed E-state index contributed by atoms with van der Waals surface area (Å²) in [5.74, 6) is 2.61. The van der Waals surface area contributed by atoms with Crippen LogP contribution in [0.25, 0.3) is 0 Å². The maximum absolute atomic E-state index is 3.70. The number of hydrogen-bond donors (Lipinski definition) is 1. The molecule has 4 unspecified atom stereocenters. The monoisotopic (exact) mass is 252 g/mol. The van der Waals surface area contributed by atoms with Crippen molar-refractivity contribution in [2.24, 2.45) is 17.8 Å². The molecular formula is C16H32N2. The highest BCUT2D eigenvalue weighted by molar-refractivity contribution is 4.89. The van der Waals surface area contributed by atoms with Crippen LogP contribution in [0.15, 0.2) is 0 Å². The van der Waals surface area contributed by atoms with Gasteiger partial charge in [-0.15, -0.1) is 0 Å². The Morgan fingerprint density at radius 3 is 2.72 bits per heavy atom. The fraction of sp³-hybridized carbons (Fsp3) is 1.00. The fourth-order valence-corrected chi connectivity index (χ4v) is 3.95. The van der Waals surface area contributed by atoms with Crippen molar-refractivity contribution in [2.75, 3.05) is 19.6 Å². The normalized spacial score (nSPS) is 39.2. The van der Waals surface area contributed by atoms with Crippen LogP contribution < -0.4 is 5.32 Å². The fourth-order valence-electron chi connectivity index (χ4n) is 3.95. The Labute approximate surface area is 114 Å². The summed E-state index contributed by atoms with van der Waals surface area (Å²) in [6.45, 7) is 13.3. The van der Waals surface area contributed by atoms with Crippen molar-refractivity contribution < 1.29 is 0 Å². The average Bonchev–Trinajstić information content (AvgIpc) is 2.32. The Balaban J connectivity index is 1.91. The van der Waals surface area contributed by atoms with Gasteiger partial charge in [0.15, 0.2) is 0 Å². The molecule has 0 radical (unpaired) electrons. The third-order valence-electron chi connectivity index (χ3n) is 5.18. The van der Waals surface area contributed by atoms with Crippen LogP contribution in [0, 0.1) is 17.8 Å². The van der Waals surface area contributed by atoms with Crippen LogP contribution in [0.3, 0.4) is 0 Å². The number of rotatable bonds is 3. The molecule has 1 aliphatic carbocycles. The van der Waals surface area contributed by atoms with E-state index < -0.39 is 0 Å². The minimum atomic E-state index is 0.725. The molecule has 0 aromatic heterocycles. The molecule has 0 bridgehead atoms. The molecule has 0 aromatic carbocycles. The van der Waals surface area contributed by atoms with E-state index in [2.05, 4.69) is 37.9 Å². The highest BCUT2D eigenvalue weighted by atomic mass is 15.2. The molecule has 2 rings (SSSR count). The van der Waals surface area contributed by atoms with Crippen molar-refractivity contribution in [3.05, 3.63) is 0 Å². The Kier molecular flexibility index (Phi) is 5.08. The first kappa shape index (κ1) is 14.3. The molecule has 1 heterocycles. The molecule has 4 atom stereocenters. The first-order chi connectivity index (χ1) is 8.58. The van der Waals surface area contributed by atoms with E-state index in [1.165, 1.54) is 45.3 Å². The zero-order valence-corrected chi connectivity index (χ0v) is 12.8. The lowest BCUT2D eigenvalue weighted by Gasteiger charge is -2.45. The first-order valence-electron chi connectivity index (χ1n) is 8.05. The summed E-state index contributed by atoms with van der Waals surface area (Å²) in [7, 11) is 0. The van der Waals surface area contributed by atoms with Gasteiger partial charge in [-0.2, -0.15) is 0 Å². The van der Waals surface area contributed by atoms with Crippen LogP contribution in [-0.2, 0) is 0 Å². The van der Waals surface area contributed by atoms with Crippen LogP contribution in [-0.4, -0.2) is 36.6 Å². The zero-order chi connectivity index (χ0) is 13.1. The summed E-state index contributed by atoms with van der Waals surface area (Å²) < 4.78 is 0.